The zero-order valence-corrected chi connectivity index (χ0v) is 8.65. The summed E-state index contributed by atoms with van der Waals surface area (Å²) >= 11 is 0. The van der Waals surface area contributed by atoms with Crippen molar-refractivity contribution in [2.24, 2.45) is 7.05 Å². The molecule has 0 spiro atoms. The van der Waals surface area contributed by atoms with Gasteiger partial charge in [0.05, 0.1) is 17.3 Å². The monoisotopic (exact) mass is 190 g/mol. The maximum atomic E-state index is 9.45. The van der Waals surface area contributed by atoms with Crippen LogP contribution in [0.1, 0.15) is 24.3 Å². The standard InChI is InChI=1S/C11H14N2O/c1-7-10-6-9(8(2)14)4-5-11(10)13(3)12-7/h4-6,8,14H,1-3H3. The second-order valence-electron chi connectivity index (χ2n) is 3.66. The molecule has 0 amide bonds. The summed E-state index contributed by atoms with van der Waals surface area (Å²) in [7, 11) is 1.93. The third kappa shape index (κ3) is 1.30. The van der Waals surface area contributed by atoms with E-state index in [9.17, 15) is 5.11 Å². The van der Waals surface area contributed by atoms with Crippen LogP contribution < -0.4 is 0 Å². The Balaban J connectivity index is 2.71. The van der Waals surface area contributed by atoms with Crippen molar-refractivity contribution in [2.75, 3.05) is 0 Å². The van der Waals surface area contributed by atoms with E-state index >= 15 is 0 Å². The van der Waals surface area contributed by atoms with Crippen LogP contribution in [0.5, 0.6) is 0 Å². The molecule has 1 unspecified atom stereocenters. The molecule has 0 saturated heterocycles. The van der Waals surface area contributed by atoms with E-state index < -0.39 is 6.10 Å². The number of aliphatic hydroxyl groups excluding tert-OH is 1. The minimum atomic E-state index is -0.418. The van der Waals surface area contributed by atoms with E-state index in [1.54, 1.807) is 6.92 Å². The highest BCUT2D eigenvalue weighted by molar-refractivity contribution is 5.82. The average Bonchev–Trinajstić information content (AvgIpc) is 2.42. The van der Waals surface area contributed by atoms with Gasteiger partial charge >= 0.3 is 0 Å². The van der Waals surface area contributed by atoms with Gasteiger partial charge in [0.1, 0.15) is 0 Å². The molecule has 0 aliphatic rings. The maximum Gasteiger partial charge on any atom is 0.0762 e. The summed E-state index contributed by atoms with van der Waals surface area (Å²) in [4.78, 5) is 0. The van der Waals surface area contributed by atoms with Crippen molar-refractivity contribution in [3.05, 3.63) is 29.5 Å². The lowest BCUT2D eigenvalue weighted by Gasteiger charge is -2.04. The lowest BCUT2D eigenvalue weighted by Crippen LogP contribution is -1.91. The SMILES string of the molecule is Cc1nn(C)c2ccc(C(C)O)cc12. The van der Waals surface area contributed by atoms with Gasteiger partial charge in [-0.15, -0.1) is 0 Å². The zero-order valence-electron chi connectivity index (χ0n) is 8.65. The lowest BCUT2D eigenvalue weighted by molar-refractivity contribution is 0.199. The first-order valence-corrected chi connectivity index (χ1v) is 4.71. The number of rotatable bonds is 1. The van der Waals surface area contributed by atoms with Crippen molar-refractivity contribution < 1.29 is 5.11 Å². The van der Waals surface area contributed by atoms with Crippen LogP contribution in [-0.2, 0) is 7.05 Å². The molecule has 0 saturated carbocycles. The zero-order chi connectivity index (χ0) is 10.3. The Labute approximate surface area is 83.0 Å². The minimum absolute atomic E-state index is 0.418. The molecule has 0 aliphatic carbocycles. The molecule has 0 radical (unpaired) electrons. The van der Waals surface area contributed by atoms with Crippen LogP contribution in [0.3, 0.4) is 0 Å². The van der Waals surface area contributed by atoms with E-state index in [1.165, 1.54) is 0 Å². The molecule has 1 aromatic carbocycles. The molecule has 2 aromatic rings. The van der Waals surface area contributed by atoms with Crippen LogP contribution in [0.25, 0.3) is 10.9 Å². The lowest BCUT2D eigenvalue weighted by atomic mass is 10.1. The van der Waals surface area contributed by atoms with Gasteiger partial charge in [0, 0.05) is 12.4 Å². The van der Waals surface area contributed by atoms with Crippen molar-refractivity contribution in [3.63, 3.8) is 0 Å². The number of hydrogen-bond acceptors (Lipinski definition) is 2. The summed E-state index contributed by atoms with van der Waals surface area (Å²) in [5.41, 5.74) is 3.05. The molecule has 3 heteroatoms. The van der Waals surface area contributed by atoms with Crippen LogP contribution in [0.4, 0.5) is 0 Å². The molecule has 74 valence electrons. The Hall–Kier alpha value is -1.35. The third-order valence-corrected chi connectivity index (χ3v) is 2.54. The smallest absolute Gasteiger partial charge is 0.0762 e. The Morgan fingerprint density at radius 1 is 1.43 bits per heavy atom. The van der Waals surface area contributed by atoms with Crippen molar-refractivity contribution in [1.29, 1.82) is 0 Å². The van der Waals surface area contributed by atoms with Crippen LogP contribution in [-0.4, -0.2) is 14.9 Å². The van der Waals surface area contributed by atoms with E-state index in [0.717, 1.165) is 22.2 Å². The summed E-state index contributed by atoms with van der Waals surface area (Å²) in [5, 5.41) is 14.9. The maximum absolute atomic E-state index is 9.45. The van der Waals surface area contributed by atoms with E-state index in [1.807, 2.05) is 36.9 Å². The van der Waals surface area contributed by atoms with Crippen LogP contribution in [0.2, 0.25) is 0 Å². The number of aliphatic hydroxyl groups is 1. The molecule has 1 heterocycles. The van der Waals surface area contributed by atoms with Gasteiger partial charge in [-0.05, 0) is 31.5 Å². The fourth-order valence-corrected chi connectivity index (χ4v) is 1.72. The average molecular weight is 190 g/mol. The first-order chi connectivity index (χ1) is 6.59. The predicted molar refractivity (Wildman–Crippen MR) is 56.1 cm³/mol. The van der Waals surface area contributed by atoms with E-state index in [-0.39, 0.29) is 0 Å². The van der Waals surface area contributed by atoms with E-state index in [2.05, 4.69) is 5.10 Å². The number of fused-ring (bicyclic) bond motifs is 1. The fourth-order valence-electron chi connectivity index (χ4n) is 1.72. The third-order valence-electron chi connectivity index (χ3n) is 2.54. The number of hydrogen-bond donors (Lipinski definition) is 1. The first kappa shape index (κ1) is 9.21. The van der Waals surface area contributed by atoms with Gasteiger partial charge in [-0.1, -0.05) is 6.07 Å². The van der Waals surface area contributed by atoms with Gasteiger partial charge in [-0.2, -0.15) is 5.10 Å². The first-order valence-electron chi connectivity index (χ1n) is 4.71. The second kappa shape index (κ2) is 3.10. The highest BCUT2D eigenvalue weighted by Gasteiger charge is 2.07. The minimum Gasteiger partial charge on any atom is -0.389 e. The summed E-state index contributed by atoms with van der Waals surface area (Å²) < 4.78 is 1.86. The van der Waals surface area contributed by atoms with E-state index in [4.69, 9.17) is 0 Å². The summed E-state index contributed by atoms with van der Waals surface area (Å²) in [6.07, 6.45) is -0.418. The highest BCUT2D eigenvalue weighted by atomic mass is 16.3. The Morgan fingerprint density at radius 2 is 2.14 bits per heavy atom. The Kier molecular flexibility index (Phi) is 2.04. The fraction of sp³-hybridized carbons (Fsp3) is 0.364. The van der Waals surface area contributed by atoms with Crippen molar-refractivity contribution in [3.8, 4) is 0 Å². The van der Waals surface area contributed by atoms with Gasteiger partial charge < -0.3 is 5.11 Å². The van der Waals surface area contributed by atoms with Crippen molar-refractivity contribution in [1.82, 2.24) is 9.78 Å². The quantitative estimate of drug-likeness (QED) is 0.746. The highest BCUT2D eigenvalue weighted by Crippen LogP contribution is 2.22. The molecule has 14 heavy (non-hydrogen) atoms. The molecule has 3 nitrogen and oxygen atoms in total. The largest absolute Gasteiger partial charge is 0.389 e. The molecule has 1 aromatic heterocycles. The number of nitrogens with zero attached hydrogens (tertiary/aromatic N) is 2. The van der Waals surface area contributed by atoms with Gasteiger partial charge in [-0.3, -0.25) is 4.68 Å². The topological polar surface area (TPSA) is 38.0 Å². The van der Waals surface area contributed by atoms with Gasteiger partial charge in [0.15, 0.2) is 0 Å². The molecule has 1 N–H and O–H groups in total. The summed E-state index contributed by atoms with van der Waals surface area (Å²) in [6.45, 7) is 3.75. The van der Waals surface area contributed by atoms with Crippen LogP contribution in [0.15, 0.2) is 18.2 Å². The summed E-state index contributed by atoms with van der Waals surface area (Å²) in [6, 6.07) is 5.94. The van der Waals surface area contributed by atoms with Gasteiger partial charge in [0.25, 0.3) is 0 Å². The van der Waals surface area contributed by atoms with Crippen molar-refractivity contribution >= 4 is 10.9 Å². The van der Waals surface area contributed by atoms with Crippen LogP contribution in [0, 0.1) is 6.92 Å². The summed E-state index contributed by atoms with van der Waals surface area (Å²) in [5.74, 6) is 0. The predicted octanol–water partition coefficient (Wildman–Crippen LogP) is 1.94. The molecular weight excluding hydrogens is 176 g/mol. The molecular formula is C11H14N2O. The Morgan fingerprint density at radius 3 is 2.79 bits per heavy atom. The van der Waals surface area contributed by atoms with Gasteiger partial charge in [-0.25, -0.2) is 0 Å². The molecule has 0 fully saturated rings. The molecule has 2 rings (SSSR count). The molecule has 1 atom stereocenters. The molecule has 0 bridgehead atoms. The number of aryl methyl sites for hydroxylation is 2. The second-order valence-corrected chi connectivity index (χ2v) is 3.66. The van der Waals surface area contributed by atoms with Crippen molar-refractivity contribution in [2.45, 2.75) is 20.0 Å². The number of benzene rings is 1. The molecule has 0 aliphatic heterocycles. The normalized spacial score (nSPS) is 13.4. The van der Waals surface area contributed by atoms with E-state index in [0.29, 0.717) is 0 Å². The number of aromatic nitrogens is 2. The van der Waals surface area contributed by atoms with Gasteiger partial charge in [0.2, 0.25) is 0 Å². The Bertz CT molecular complexity index is 471. The van der Waals surface area contributed by atoms with Crippen LogP contribution >= 0.6 is 0 Å².